The SMILES string of the molecule is C1CSC1.C1CSC1.CC1CSC1. The van der Waals surface area contributed by atoms with E-state index in [9.17, 15) is 0 Å². The highest BCUT2D eigenvalue weighted by atomic mass is 32.2. The first-order valence-corrected chi connectivity index (χ1v) is 8.59. The van der Waals surface area contributed by atoms with E-state index in [4.69, 9.17) is 0 Å². The van der Waals surface area contributed by atoms with E-state index in [0.29, 0.717) is 0 Å². The molecule has 0 spiro atoms. The van der Waals surface area contributed by atoms with Gasteiger partial charge in [0, 0.05) is 0 Å². The van der Waals surface area contributed by atoms with Gasteiger partial charge in [0.1, 0.15) is 0 Å². The minimum Gasteiger partial charge on any atom is -0.162 e. The first-order chi connectivity index (χ1) is 6.39. The minimum absolute atomic E-state index is 1.03. The zero-order valence-corrected chi connectivity index (χ0v) is 10.9. The maximum absolute atomic E-state index is 2.29. The van der Waals surface area contributed by atoms with Crippen LogP contribution >= 0.6 is 35.3 Å². The molecule has 0 radical (unpaired) electrons. The summed E-state index contributed by atoms with van der Waals surface area (Å²) in [5, 5.41) is 0. The number of hydrogen-bond acceptors (Lipinski definition) is 3. The maximum atomic E-state index is 2.29. The predicted molar refractivity (Wildman–Crippen MR) is 70.4 cm³/mol. The van der Waals surface area contributed by atoms with Crippen molar-refractivity contribution >= 4 is 35.3 Å². The Hall–Kier alpha value is 1.05. The van der Waals surface area contributed by atoms with E-state index in [2.05, 4.69) is 6.92 Å². The second kappa shape index (κ2) is 8.37. The van der Waals surface area contributed by atoms with Crippen molar-refractivity contribution in [1.82, 2.24) is 0 Å². The Kier molecular flexibility index (Phi) is 7.80. The summed E-state index contributed by atoms with van der Waals surface area (Å²) in [6.45, 7) is 2.29. The standard InChI is InChI=1S/C4H8S.2C3H6S/c1-4-2-5-3-4;2*1-2-4-3-1/h4H,2-3H2,1H3;2*1-3H2. The molecule has 0 amide bonds. The fraction of sp³-hybridized carbons (Fsp3) is 1.00. The molecule has 3 saturated heterocycles. The lowest BCUT2D eigenvalue weighted by Gasteiger charge is -2.18. The van der Waals surface area contributed by atoms with Gasteiger partial charge >= 0.3 is 0 Å². The van der Waals surface area contributed by atoms with Gasteiger partial charge in [-0.05, 0) is 53.3 Å². The van der Waals surface area contributed by atoms with Crippen LogP contribution in [0.4, 0.5) is 0 Å². The predicted octanol–water partition coefficient (Wildman–Crippen LogP) is 3.62. The molecular weight excluding hydrogens is 216 g/mol. The molecule has 0 aromatic heterocycles. The van der Waals surface area contributed by atoms with Crippen LogP contribution in [0.2, 0.25) is 0 Å². The van der Waals surface area contributed by atoms with Crippen LogP contribution in [-0.2, 0) is 0 Å². The van der Waals surface area contributed by atoms with Crippen molar-refractivity contribution in [3.8, 4) is 0 Å². The second-order valence-electron chi connectivity index (χ2n) is 3.57. The van der Waals surface area contributed by atoms with Crippen LogP contribution in [0.5, 0.6) is 0 Å². The molecule has 3 aliphatic rings. The van der Waals surface area contributed by atoms with Crippen LogP contribution in [0, 0.1) is 5.92 Å². The summed E-state index contributed by atoms with van der Waals surface area (Å²) in [7, 11) is 0. The molecule has 0 bridgehead atoms. The summed E-state index contributed by atoms with van der Waals surface area (Å²) >= 11 is 6.12. The summed E-state index contributed by atoms with van der Waals surface area (Å²) in [5.41, 5.74) is 0. The Morgan fingerprint density at radius 1 is 0.769 bits per heavy atom. The number of rotatable bonds is 0. The van der Waals surface area contributed by atoms with Crippen LogP contribution in [0.1, 0.15) is 19.8 Å². The minimum atomic E-state index is 1.03. The van der Waals surface area contributed by atoms with E-state index in [1.807, 2.05) is 35.3 Å². The quantitative estimate of drug-likeness (QED) is 0.630. The highest BCUT2D eigenvalue weighted by Crippen LogP contribution is 2.22. The summed E-state index contributed by atoms with van der Waals surface area (Å²) in [5.74, 6) is 9.50. The van der Waals surface area contributed by atoms with Gasteiger partial charge in [-0.25, -0.2) is 0 Å². The van der Waals surface area contributed by atoms with E-state index in [1.54, 1.807) is 0 Å². The van der Waals surface area contributed by atoms with Gasteiger partial charge in [0.25, 0.3) is 0 Å². The van der Waals surface area contributed by atoms with Crippen LogP contribution in [-0.4, -0.2) is 34.5 Å². The third-order valence-electron chi connectivity index (χ3n) is 1.96. The number of hydrogen-bond donors (Lipinski definition) is 0. The molecule has 0 saturated carbocycles. The summed E-state index contributed by atoms with van der Waals surface area (Å²) < 4.78 is 0. The summed E-state index contributed by atoms with van der Waals surface area (Å²) in [4.78, 5) is 0. The molecule has 0 aliphatic carbocycles. The molecule has 3 fully saturated rings. The topological polar surface area (TPSA) is 0 Å². The molecule has 3 aliphatic heterocycles. The van der Waals surface area contributed by atoms with Crippen molar-refractivity contribution in [2.45, 2.75) is 19.8 Å². The van der Waals surface area contributed by atoms with Gasteiger partial charge in [-0.2, -0.15) is 35.3 Å². The first kappa shape index (κ1) is 12.1. The lowest BCUT2D eigenvalue weighted by molar-refractivity contribution is 0.723. The molecule has 78 valence electrons. The third kappa shape index (κ3) is 7.03. The normalized spacial score (nSPS) is 24.7. The molecule has 0 N–H and O–H groups in total. The van der Waals surface area contributed by atoms with Crippen LogP contribution < -0.4 is 0 Å². The lowest BCUT2D eigenvalue weighted by Crippen LogP contribution is -2.12. The largest absolute Gasteiger partial charge is 0.162 e. The fourth-order valence-electron chi connectivity index (χ4n) is 0.642. The average Bonchev–Trinajstić information content (AvgIpc) is 1.74. The molecule has 3 heterocycles. The van der Waals surface area contributed by atoms with Gasteiger partial charge in [-0.3, -0.25) is 0 Å². The summed E-state index contributed by atoms with van der Waals surface area (Å²) in [6, 6.07) is 0. The Balaban J connectivity index is 0.0000000984. The van der Waals surface area contributed by atoms with Gasteiger partial charge in [-0.1, -0.05) is 6.92 Å². The molecule has 13 heavy (non-hydrogen) atoms. The molecule has 0 aromatic carbocycles. The van der Waals surface area contributed by atoms with Crippen molar-refractivity contribution in [3.05, 3.63) is 0 Å². The van der Waals surface area contributed by atoms with Gasteiger partial charge in [0.15, 0.2) is 0 Å². The van der Waals surface area contributed by atoms with E-state index in [1.165, 1.54) is 47.4 Å². The van der Waals surface area contributed by atoms with Crippen molar-refractivity contribution in [2.75, 3.05) is 34.5 Å². The van der Waals surface area contributed by atoms with Crippen LogP contribution in [0.15, 0.2) is 0 Å². The van der Waals surface area contributed by atoms with E-state index >= 15 is 0 Å². The second-order valence-corrected chi connectivity index (χ2v) is 7.10. The van der Waals surface area contributed by atoms with Gasteiger partial charge in [-0.15, -0.1) is 0 Å². The van der Waals surface area contributed by atoms with Crippen molar-refractivity contribution in [1.29, 1.82) is 0 Å². The molecule has 0 unspecified atom stereocenters. The zero-order chi connectivity index (χ0) is 9.36. The highest BCUT2D eigenvalue weighted by molar-refractivity contribution is 8.01. The Bertz CT molecular complexity index is 88.7. The average molecular weight is 236 g/mol. The molecule has 0 aromatic rings. The lowest BCUT2D eigenvalue weighted by atomic mass is 10.2. The number of thioether (sulfide) groups is 3. The third-order valence-corrected chi connectivity index (χ3v) is 5.88. The Labute approximate surface area is 95.4 Å². The van der Waals surface area contributed by atoms with E-state index in [0.717, 1.165) is 5.92 Å². The maximum Gasteiger partial charge on any atom is -0.00338 e. The van der Waals surface area contributed by atoms with Crippen molar-refractivity contribution < 1.29 is 0 Å². The molecule has 3 rings (SSSR count). The molecule has 0 atom stereocenters. The van der Waals surface area contributed by atoms with E-state index in [-0.39, 0.29) is 0 Å². The smallest absolute Gasteiger partial charge is 0.00338 e. The molecule has 0 nitrogen and oxygen atoms in total. The summed E-state index contributed by atoms with van der Waals surface area (Å²) in [6.07, 6.45) is 2.93. The molecular formula is C10H20S3. The Morgan fingerprint density at radius 3 is 1.00 bits per heavy atom. The van der Waals surface area contributed by atoms with Gasteiger partial charge < -0.3 is 0 Å². The van der Waals surface area contributed by atoms with Crippen LogP contribution in [0.3, 0.4) is 0 Å². The zero-order valence-electron chi connectivity index (χ0n) is 8.46. The van der Waals surface area contributed by atoms with Gasteiger partial charge in [0.05, 0.1) is 0 Å². The monoisotopic (exact) mass is 236 g/mol. The van der Waals surface area contributed by atoms with Crippen LogP contribution in [0.25, 0.3) is 0 Å². The highest BCUT2D eigenvalue weighted by Gasteiger charge is 2.09. The Morgan fingerprint density at radius 2 is 1.00 bits per heavy atom. The molecule has 3 heteroatoms. The van der Waals surface area contributed by atoms with Gasteiger partial charge in [0.2, 0.25) is 0 Å². The van der Waals surface area contributed by atoms with E-state index < -0.39 is 0 Å². The fourth-order valence-corrected chi connectivity index (χ4v) is 1.93. The van der Waals surface area contributed by atoms with Crippen molar-refractivity contribution in [3.63, 3.8) is 0 Å². The van der Waals surface area contributed by atoms with Crippen molar-refractivity contribution in [2.24, 2.45) is 5.92 Å². The first-order valence-electron chi connectivity index (χ1n) is 5.13.